The highest BCUT2D eigenvalue weighted by molar-refractivity contribution is 7.10. The molecule has 4 rings (SSSR count). The van der Waals surface area contributed by atoms with Crippen LogP contribution in [0.1, 0.15) is 42.7 Å². The van der Waals surface area contributed by atoms with Crippen molar-refractivity contribution < 1.29 is 23.5 Å². The van der Waals surface area contributed by atoms with Gasteiger partial charge in [0.2, 0.25) is 5.91 Å². The lowest BCUT2D eigenvalue weighted by Gasteiger charge is -2.37. The number of nitrogens with one attached hydrogen (secondary N) is 1. The molecule has 0 aliphatic carbocycles. The molecule has 1 aromatic heterocycles. The Hall–Kier alpha value is -2.65. The van der Waals surface area contributed by atoms with Gasteiger partial charge >= 0.3 is 6.03 Å². The quantitative estimate of drug-likeness (QED) is 0.578. The molecule has 2 atom stereocenters. The fraction of sp³-hybridized carbons (Fsp3) is 0.520. The molecule has 1 fully saturated rings. The van der Waals surface area contributed by atoms with Crippen molar-refractivity contribution in [2.45, 2.75) is 44.8 Å². The number of ether oxygens (including phenoxy) is 2. The number of nitrogens with zero attached hydrogens (tertiary/aromatic N) is 2. The van der Waals surface area contributed by atoms with E-state index in [1.165, 1.54) is 10.9 Å². The summed E-state index contributed by atoms with van der Waals surface area (Å²) in [6, 6.07) is 7.68. The maximum atomic E-state index is 14.1. The number of carbonyl (C=O) groups excluding carboxylic acids is 2. The van der Waals surface area contributed by atoms with Gasteiger partial charge in [0, 0.05) is 31.1 Å². The Morgan fingerprint density at radius 3 is 2.94 bits per heavy atom. The standard InChI is InChI=1S/C25H32FN3O4S/c1-2-11-27-25(31)28(15-18-6-5-13-32-18)16-24(30)29-12-9-23-19(10-14-34-23)21(29)17-33-22-8-4-3-7-20(22)26/h3-4,7-8,10,14,18,21H,2,5-6,9,11-13,15-17H2,1H3,(H,27,31)/t18-,21+/m1/s1. The third-order valence-electron chi connectivity index (χ3n) is 6.24. The molecule has 3 heterocycles. The normalized spacial score (nSPS) is 19.5. The molecule has 9 heteroatoms. The van der Waals surface area contributed by atoms with Crippen molar-refractivity contribution in [1.29, 1.82) is 0 Å². The number of para-hydroxylation sites is 1. The van der Waals surface area contributed by atoms with E-state index in [9.17, 15) is 14.0 Å². The van der Waals surface area contributed by atoms with Crippen LogP contribution in [0, 0.1) is 5.82 Å². The molecule has 1 N–H and O–H groups in total. The molecule has 0 bridgehead atoms. The summed E-state index contributed by atoms with van der Waals surface area (Å²) in [5.41, 5.74) is 1.03. The first kappa shape index (κ1) is 24.5. The van der Waals surface area contributed by atoms with Crippen LogP contribution in [-0.2, 0) is 16.0 Å². The molecule has 7 nitrogen and oxygen atoms in total. The summed E-state index contributed by atoms with van der Waals surface area (Å²) in [5, 5.41) is 4.90. The highest BCUT2D eigenvalue weighted by Crippen LogP contribution is 2.34. The third-order valence-corrected chi connectivity index (χ3v) is 7.23. The molecule has 0 unspecified atom stereocenters. The van der Waals surface area contributed by atoms with E-state index in [4.69, 9.17) is 9.47 Å². The summed E-state index contributed by atoms with van der Waals surface area (Å²) in [5.74, 6) is -0.420. The Kier molecular flexibility index (Phi) is 8.39. The summed E-state index contributed by atoms with van der Waals surface area (Å²) in [6.07, 6.45) is 3.36. The van der Waals surface area contributed by atoms with Crippen molar-refractivity contribution in [2.24, 2.45) is 0 Å². The van der Waals surface area contributed by atoms with Crippen LogP contribution in [0.4, 0.5) is 9.18 Å². The van der Waals surface area contributed by atoms with Gasteiger partial charge in [-0.1, -0.05) is 19.1 Å². The second-order valence-electron chi connectivity index (χ2n) is 8.64. The first-order valence-corrected chi connectivity index (χ1v) is 12.8. The number of hydrogen-bond acceptors (Lipinski definition) is 5. The predicted octanol–water partition coefficient (Wildman–Crippen LogP) is 3.99. The maximum absolute atomic E-state index is 14.1. The minimum atomic E-state index is -0.433. The van der Waals surface area contributed by atoms with Crippen molar-refractivity contribution in [3.8, 4) is 5.75 Å². The van der Waals surface area contributed by atoms with Crippen LogP contribution < -0.4 is 10.1 Å². The smallest absolute Gasteiger partial charge is 0.317 e. The molecule has 0 saturated carbocycles. The molecule has 0 radical (unpaired) electrons. The van der Waals surface area contributed by atoms with Gasteiger partial charge in [0.05, 0.1) is 12.1 Å². The van der Waals surface area contributed by atoms with Crippen molar-refractivity contribution in [3.05, 3.63) is 52.0 Å². The highest BCUT2D eigenvalue weighted by atomic mass is 32.1. The Morgan fingerprint density at radius 1 is 1.32 bits per heavy atom. The number of rotatable bonds is 9. The van der Waals surface area contributed by atoms with E-state index in [1.807, 2.05) is 18.4 Å². The van der Waals surface area contributed by atoms with Crippen molar-refractivity contribution in [1.82, 2.24) is 15.1 Å². The zero-order valence-corrected chi connectivity index (χ0v) is 20.3. The number of amides is 3. The molecule has 0 spiro atoms. The van der Waals surface area contributed by atoms with Crippen LogP contribution in [0.3, 0.4) is 0 Å². The number of fused-ring (bicyclic) bond motifs is 1. The summed E-state index contributed by atoms with van der Waals surface area (Å²) >= 11 is 1.66. The Bertz CT molecular complexity index is 979. The van der Waals surface area contributed by atoms with Crippen molar-refractivity contribution in [2.75, 3.05) is 39.4 Å². The van der Waals surface area contributed by atoms with Gasteiger partial charge in [-0.3, -0.25) is 4.79 Å². The largest absolute Gasteiger partial charge is 0.488 e. The van der Waals surface area contributed by atoms with Crippen molar-refractivity contribution >= 4 is 23.3 Å². The molecule has 3 amide bonds. The van der Waals surface area contributed by atoms with Crippen molar-refractivity contribution in [3.63, 3.8) is 0 Å². The number of halogens is 1. The number of benzene rings is 1. The monoisotopic (exact) mass is 489 g/mol. The van der Waals surface area contributed by atoms with E-state index in [0.29, 0.717) is 26.2 Å². The highest BCUT2D eigenvalue weighted by Gasteiger charge is 2.34. The topological polar surface area (TPSA) is 71.1 Å². The lowest BCUT2D eigenvalue weighted by molar-refractivity contribution is -0.135. The second-order valence-corrected chi connectivity index (χ2v) is 9.64. The molecular formula is C25H32FN3O4S. The predicted molar refractivity (Wildman–Crippen MR) is 129 cm³/mol. The molecule has 184 valence electrons. The Labute approximate surface area is 203 Å². The zero-order chi connectivity index (χ0) is 23.9. The summed E-state index contributed by atoms with van der Waals surface area (Å²) < 4.78 is 25.7. The Morgan fingerprint density at radius 2 is 2.18 bits per heavy atom. The van der Waals surface area contributed by atoms with Crippen LogP contribution in [0.25, 0.3) is 0 Å². The third kappa shape index (κ3) is 5.88. The SMILES string of the molecule is CCCNC(=O)N(CC(=O)N1CCc2sccc2[C@@H]1COc1ccccc1F)C[C@H]1CCCO1. The summed E-state index contributed by atoms with van der Waals surface area (Å²) in [6.45, 7) is 4.25. The average molecular weight is 490 g/mol. The summed E-state index contributed by atoms with van der Waals surface area (Å²) in [7, 11) is 0. The van der Waals surface area contributed by atoms with Crippen LogP contribution in [0.2, 0.25) is 0 Å². The van der Waals surface area contributed by atoms with Gasteiger partial charge in [0.1, 0.15) is 13.2 Å². The second kappa shape index (κ2) is 11.7. The van der Waals surface area contributed by atoms with E-state index in [2.05, 4.69) is 5.32 Å². The van der Waals surface area contributed by atoms with Crippen LogP contribution in [0.15, 0.2) is 35.7 Å². The number of hydrogen-bond donors (Lipinski definition) is 1. The number of urea groups is 1. The Balaban J connectivity index is 1.48. The number of thiophene rings is 1. The van der Waals surface area contributed by atoms with Gasteiger partial charge < -0.3 is 24.6 Å². The van der Waals surface area contributed by atoms with Gasteiger partial charge in [-0.2, -0.15) is 0 Å². The first-order chi connectivity index (χ1) is 16.6. The first-order valence-electron chi connectivity index (χ1n) is 11.9. The van der Waals surface area contributed by atoms with Gasteiger partial charge in [0.25, 0.3) is 0 Å². The van der Waals surface area contributed by atoms with E-state index >= 15 is 0 Å². The van der Waals surface area contributed by atoms with Crippen LogP contribution in [0.5, 0.6) is 5.75 Å². The molecular weight excluding hydrogens is 457 g/mol. The van der Waals surface area contributed by atoms with Gasteiger partial charge in [0.15, 0.2) is 11.6 Å². The number of carbonyl (C=O) groups is 2. The fourth-order valence-electron chi connectivity index (χ4n) is 4.46. The van der Waals surface area contributed by atoms with Gasteiger partial charge in [-0.25, -0.2) is 9.18 Å². The molecule has 2 aromatic rings. The molecule has 34 heavy (non-hydrogen) atoms. The summed E-state index contributed by atoms with van der Waals surface area (Å²) in [4.78, 5) is 30.9. The molecule has 2 aliphatic rings. The van der Waals surface area contributed by atoms with Crippen LogP contribution >= 0.6 is 11.3 Å². The van der Waals surface area contributed by atoms with E-state index in [-0.39, 0.29) is 43.0 Å². The minimum absolute atomic E-state index is 0.0366. The maximum Gasteiger partial charge on any atom is 0.317 e. The van der Waals surface area contributed by atoms with Gasteiger partial charge in [-0.15, -0.1) is 11.3 Å². The average Bonchev–Trinajstić information content (AvgIpc) is 3.53. The lowest BCUT2D eigenvalue weighted by Crippen LogP contribution is -2.51. The molecule has 2 aliphatic heterocycles. The van der Waals surface area contributed by atoms with Crippen LogP contribution in [-0.4, -0.2) is 67.2 Å². The fourth-order valence-corrected chi connectivity index (χ4v) is 5.38. The molecule has 1 saturated heterocycles. The zero-order valence-electron chi connectivity index (χ0n) is 19.5. The van der Waals surface area contributed by atoms with E-state index in [1.54, 1.807) is 39.3 Å². The van der Waals surface area contributed by atoms with E-state index < -0.39 is 5.82 Å². The lowest BCUT2D eigenvalue weighted by atomic mass is 10.0. The molecule has 1 aromatic carbocycles. The van der Waals surface area contributed by atoms with Gasteiger partial charge in [-0.05, 0) is 54.8 Å². The minimum Gasteiger partial charge on any atom is -0.488 e. The van der Waals surface area contributed by atoms with E-state index in [0.717, 1.165) is 31.2 Å².